The Morgan fingerprint density at radius 1 is 1.11 bits per heavy atom. The molecule has 10 nitrogen and oxygen atoms in total. The Hall–Kier alpha value is -3.61. The maximum atomic E-state index is 13.7. The van der Waals surface area contributed by atoms with Gasteiger partial charge in [0.15, 0.2) is 0 Å². The molecular formula is C26H39N5O5. The standard InChI is InChI=1S/C26H39N5O5/c1-7-8-18(3)29-23(33)22(19-11-9-17(2)10-12-19)31(16-15-27)24(34)20(13-14-21(28)32)30-25(35)36-26(4,5)6/h9-12,18,20,22H,7-8,13-14,16H2,1-6H3,(H2,28,32)(H,29,33)(H,30,35). The number of hydrogen-bond donors (Lipinski definition) is 3. The molecule has 0 fully saturated rings. The predicted molar refractivity (Wildman–Crippen MR) is 135 cm³/mol. The van der Waals surface area contributed by atoms with Gasteiger partial charge < -0.3 is 26.0 Å². The van der Waals surface area contributed by atoms with Gasteiger partial charge >= 0.3 is 6.09 Å². The van der Waals surface area contributed by atoms with Crippen LogP contribution in [0.1, 0.15) is 77.5 Å². The second-order valence-corrected chi connectivity index (χ2v) is 9.84. The largest absolute Gasteiger partial charge is 0.444 e. The lowest BCUT2D eigenvalue weighted by atomic mass is 10.00. The van der Waals surface area contributed by atoms with Gasteiger partial charge in [0.05, 0.1) is 6.07 Å². The number of nitrogens with one attached hydrogen (secondary N) is 2. The van der Waals surface area contributed by atoms with E-state index in [2.05, 4.69) is 10.6 Å². The summed E-state index contributed by atoms with van der Waals surface area (Å²) in [5, 5.41) is 14.9. The molecule has 4 amide bonds. The van der Waals surface area contributed by atoms with E-state index in [1.165, 1.54) is 0 Å². The van der Waals surface area contributed by atoms with Gasteiger partial charge in [-0.05, 0) is 53.0 Å². The molecular weight excluding hydrogens is 462 g/mol. The highest BCUT2D eigenvalue weighted by molar-refractivity contribution is 5.92. The molecule has 0 radical (unpaired) electrons. The van der Waals surface area contributed by atoms with E-state index in [-0.39, 0.29) is 18.9 Å². The van der Waals surface area contributed by atoms with E-state index in [1.807, 2.05) is 39.0 Å². The third-order valence-corrected chi connectivity index (χ3v) is 5.26. The summed E-state index contributed by atoms with van der Waals surface area (Å²) in [5.74, 6) is -1.81. The SMILES string of the molecule is CCCC(C)NC(=O)C(c1ccc(C)cc1)N(CC#N)C(=O)C(CCC(N)=O)NC(=O)OC(C)(C)C. The first-order chi connectivity index (χ1) is 16.8. The number of nitrogens with zero attached hydrogens (tertiary/aromatic N) is 2. The third-order valence-electron chi connectivity index (χ3n) is 5.26. The molecule has 0 saturated carbocycles. The first kappa shape index (κ1) is 30.4. The van der Waals surface area contributed by atoms with Crippen LogP contribution < -0.4 is 16.4 Å². The molecule has 10 heteroatoms. The summed E-state index contributed by atoms with van der Waals surface area (Å²) in [5.41, 5.74) is 5.92. The van der Waals surface area contributed by atoms with E-state index in [9.17, 15) is 24.4 Å². The average Bonchev–Trinajstić information content (AvgIpc) is 2.75. The molecule has 0 aliphatic rings. The highest BCUT2D eigenvalue weighted by Gasteiger charge is 2.36. The van der Waals surface area contributed by atoms with Crippen LogP contribution in [0.15, 0.2) is 24.3 Å². The maximum absolute atomic E-state index is 13.7. The summed E-state index contributed by atoms with van der Waals surface area (Å²) in [6.07, 6.45) is 0.410. The fraction of sp³-hybridized carbons (Fsp3) is 0.577. The van der Waals surface area contributed by atoms with Crippen molar-refractivity contribution in [3.05, 3.63) is 35.4 Å². The number of benzene rings is 1. The van der Waals surface area contributed by atoms with Crippen molar-refractivity contribution in [2.24, 2.45) is 5.73 Å². The maximum Gasteiger partial charge on any atom is 0.408 e. The first-order valence-corrected chi connectivity index (χ1v) is 12.1. The Kier molecular flexibility index (Phi) is 11.9. The summed E-state index contributed by atoms with van der Waals surface area (Å²) in [6, 6.07) is 6.49. The van der Waals surface area contributed by atoms with Gasteiger partial charge in [0, 0.05) is 12.5 Å². The van der Waals surface area contributed by atoms with Crippen LogP contribution in [0, 0.1) is 18.3 Å². The number of carbonyl (C=O) groups is 4. The van der Waals surface area contributed by atoms with Crippen molar-refractivity contribution in [2.45, 2.75) is 91.0 Å². The number of aryl methyl sites for hydroxylation is 1. The van der Waals surface area contributed by atoms with Crippen LogP contribution in [0.5, 0.6) is 0 Å². The van der Waals surface area contributed by atoms with Crippen LogP contribution >= 0.6 is 0 Å². The van der Waals surface area contributed by atoms with E-state index in [1.54, 1.807) is 32.9 Å². The molecule has 3 atom stereocenters. The summed E-state index contributed by atoms with van der Waals surface area (Å²) >= 11 is 0. The van der Waals surface area contributed by atoms with Gasteiger partial charge in [0.1, 0.15) is 24.2 Å². The molecule has 0 aromatic heterocycles. The quantitative estimate of drug-likeness (QED) is 0.374. The Balaban J connectivity index is 3.43. The molecule has 1 rings (SSSR count). The zero-order chi connectivity index (χ0) is 27.5. The number of nitrogens with two attached hydrogens (primary N) is 1. The molecule has 0 spiro atoms. The van der Waals surface area contributed by atoms with Crippen molar-refractivity contribution in [1.29, 1.82) is 5.26 Å². The monoisotopic (exact) mass is 501 g/mol. The molecule has 0 bridgehead atoms. The lowest BCUT2D eigenvalue weighted by Gasteiger charge is -2.33. The number of amides is 4. The van der Waals surface area contributed by atoms with Gasteiger partial charge in [-0.2, -0.15) is 5.26 Å². The summed E-state index contributed by atoms with van der Waals surface area (Å²) < 4.78 is 5.27. The minimum Gasteiger partial charge on any atom is -0.444 e. The van der Waals surface area contributed by atoms with Gasteiger partial charge in [-0.1, -0.05) is 43.2 Å². The average molecular weight is 502 g/mol. The smallest absolute Gasteiger partial charge is 0.408 e. The van der Waals surface area contributed by atoms with Crippen LogP contribution in [0.25, 0.3) is 0 Å². The van der Waals surface area contributed by atoms with Crippen molar-refractivity contribution >= 4 is 23.8 Å². The molecule has 36 heavy (non-hydrogen) atoms. The number of primary amides is 1. The lowest BCUT2D eigenvalue weighted by molar-refractivity contribution is -0.142. The van der Waals surface area contributed by atoms with E-state index < -0.39 is 48.0 Å². The van der Waals surface area contributed by atoms with Crippen molar-refractivity contribution in [3.8, 4) is 6.07 Å². The number of ether oxygens (including phenoxy) is 1. The van der Waals surface area contributed by atoms with Crippen LogP contribution in [0.3, 0.4) is 0 Å². The number of rotatable bonds is 12. The second kappa shape index (κ2) is 14.1. The number of alkyl carbamates (subject to hydrolysis) is 1. The fourth-order valence-corrected chi connectivity index (χ4v) is 3.62. The highest BCUT2D eigenvalue weighted by Crippen LogP contribution is 2.24. The molecule has 4 N–H and O–H groups in total. The summed E-state index contributed by atoms with van der Waals surface area (Å²) in [4.78, 5) is 52.2. The molecule has 0 heterocycles. The molecule has 0 aliphatic carbocycles. The minimum atomic E-state index is -1.24. The number of hydrogen-bond acceptors (Lipinski definition) is 6. The topological polar surface area (TPSA) is 155 Å². The molecule has 0 saturated heterocycles. The summed E-state index contributed by atoms with van der Waals surface area (Å²) in [7, 11) is 0. The zero-order valence-electron chi connectivity index (χ0n) is 22.1. The van der Waals surface area contributed by atoms with E-state index in [0.717, 1.165) is 23.3 Å². The molecule has 1 aromatic rings. The van der Waals surface area contributed by atoms with Crippen molar-refractivity contribution in [2.75, 3.05) is 6.54 Å². The minimum absolute atomic E-state index is 0.121. The fourth-order valence-electron chi connectivity index (χ4n) is 3.62. The Morgan fingerprint density at radius 3 is 2.22 bits per heavy atom. The lowest BCUT2D eigenvalue weighted by Crippen LogP contribution is -2.53. The number of nitriles is 1. The van der Waals surface area contributed by atoms with E-state index in [0.29, 0.717) is 5.56 Å². The first-order valence-electron chi connectivity index (χ1n) is 12.1. The van der Waals surface area contributed by atoms with Crippen molar-refractivity contribution in [1.82, 2.24) is 15.5 Å². The third kappa shape index (κ3) is 10.3. The van der Waals surface area contributed by atoms with Gasteiger partial charge in [-0.15, -0.1) is 0 Å². The van der Waals surface area contributed by atoms with Crippen LogP contribution in [-0.2, 0) is 19.1 Å². The van der Waals surface area contributed by atoms with Crippen LogP contribution in [0.4, 0.5) is 4.79 Å². The van der Waals surface area contributed by atoms with Gasteiger partial charge in [-0.3, -0.25) is 14.4 Å². The van der Waals surface area contributed by atoms with E-state index in [4.69, 9.17) is 10.5 Å². The molecule has 0 aliphatic heterocycles. The van der Waals surface area contributed by atoms with E-state index >= 15 is 0 Å². The Labute approximate surface area is 213 Å². The van der Waals surface area contributed by atoms with Gasteiger partial charge in [-0.25, -0.2) is 4.79 Å². The highest BCUT2D eigenvalue weighted by atomic mass is 16.6. The van der Waals surface area contributed by atoms with Crippen molar-refractivity contribution in [3.63, 3.8) is 0 Å². The van der Waals surface area contributed by atoms with Crippen molar-refractivity contribution < 1.29 is 23.9 Å². The molecule has 198 valence electrons. The van der Waals surface area contributed by atoms with Crippen LogP contribution in [-0.4, -0.2) is 52.9 Å². The van der Waals surface area contributed by atoms with Gasteiger partial charge in [0.2, 0.25) is 17.7 Å². The number of carbonyl (C=O) groups excluding carboxylic acids is 4. The Bertz CT molecular complexity index is 949. The van der Waals surface area contributed by atoms with Crippen LogP contribution in [0.2, 0.25) is 0 Å². The van der Waals surface area contributed by atoms with Gasteiger partial charge in [0.25, 0.3) is 0 Å². The zero-order valence-corrected chi connectivity index (χ0v) is 22.1. The predicted octanol–water partition coefficient (Wildman–Crippen LogP) is 2.85. The second-order valence-electron chi connectivity index (χ2n) is 9.84. The normalized spacial score (nSPS) is 13.5. The summed E-state index contributed by atoms with van der Waals surface area (Å²) in [6.45, 7) is 10.3. The Morgan fingerprint density at radius 2 is 1.72 bits per heavy atom. The molecule has 3 unspecified atom stereocenters. The molecule has 1 aromatic carbocycles.